The van der Waals surface area contributed by atoms with Crippen molar-refractivity contribution in [2.75, 3.05) is 18.2 Å². The van der Waals surface area contributed by atoms with E-state index >= 15 is 0 Å². The second kappa shape index (κ2) is 6.71. The molecule has 26 heavy (non-hydrogen) atoms. The molecular formula is C20H23N5O. The van der Waals surface area contributed by atoms with E-state index in [-0.39, 0.29) is 18.0 Å². The fraction of sp³-hybridized carbons (Fsp3) is 0.300. The molecular weight excluding hydrogens is 326 g/mol. The molecule has 0 radical (unpaired) electrons. The average molecular weight is 349 g/mol. The lowest BCUT2D eigenvalue weighted by molar-refractivity contribution is 0.413. The molecule has 0 bridgehead atoms. The van der Waals surface area contributed by atoms with Crippen molar-refractivity contribution < 1.29 is 4.74 Å². The van der Waals surface area contributed by atoms with Gasteiger partial charge in [-0.05, 0) is 41.7 Å². The first-order valence-corrected chi connectivity index (χ1v) is 8.89. The molecule has 0 amide bonds. The lowest BCUT2D eigenvalue weighted by Crippen LogP contribution is -2.28. The van der Waals surface area contributed by atoms with Gasteiger partial charge >= 0.3 is 0 Å². The van der Waals surface area contributed by atoms with Gasteiger partial charge in [0.25, 0.3) is 0 Å². The van der Waals surface area contributed by atoms with Crippen LogP contribution in [0.3, 0.4) is 0 Å². The van der Waals surface area contributed by atoms with E-state index < -0.39 is 0 Å². The van der Waals surface area contributed by atoms with Crippen molar-refractivity contribution in [3.63, 3.8) is 0 Å². The van der Waals surface area contributed by atoms with Gasteiger partial charge in [0.15, 0.2) is 0 Å². The first kappa shape index (κ1) is 16.4. The predicted molar refractivity (Wildman–Crippen MR) is 102 cm³/mol. The summed E-state index contributed by atoms with van der Waals surface area (Å²) in [6.07, 6.45) is 1.90. The van der Waals surface area contributed by atoms with Crippen LogP contribution in [-0.2, 0) is 6.42 Å². The van der Waals surface area contributed by atoms with Gasteiger partial charge in [0.1, 0.15) is 5.75 Å². The van der Waals surface area contributed by atoms with Crippen LogP contribution in [0.4, 0.5) is 11.9 Å². The summed E-state index contributed by atoms with van der Waals surface area (Å²) < 4.78 is 7.16. The number of benzene rings is 2. The number of hydrogen-bond donors (Lipinski definition) is 2. The molecule has 2 heterocycles. The highest BCUT2D eigenvalue weighted by atomic mass is 16.5. The van der Waals surface area contributed by atoms with Crippen molar-refractivity contribution in [1.82, 2.24) is 14.8 Å². The maximum absolute atomic E-state index is 5.87. The number of methoxy groups -OCH3 is 1. The van der Waals surface area contributed by atoms with Gasteiger partial charge < -0.3 is 15.8 Å². The Morgan fingerprint density at radius 1 is 1.12 bits per heavy atom. The summed E-state index contributed by atoms with van der Waals surface area (Å²) >= 11 is 0. The monoisotopic (exact) mass is 349 g/mol. The van der Waals surface area contributed by atoms with Crippen molar-refractivity contribution in [2.45, 2.75) is 31.8 Å². The Bertz CT molecular complexity index is 886. The lowest BCUT2D eigenvalue weighted by Gasteiger charge is -2.31. The Labute approximate surface area is 153 Å². The van der Waals surface area contributed by atoms with Crippen molar-refractivity contribution in [3.8, 4) is 5.75 Å². The van der Waals surface area contributed by atoms with E-state index in [0.717, 1.165) is 18.6 Å². The van der Waals surface area contributed by atoms with Crippen LogP contribution in [0.1, 0.15) is 42.1 Å². The molecule has 0 spiro atoms. The van der Waals surface area contributed by atoms with E-state index in [9.17, 15) is 0 Å². The van der Waals surface area contributed by atoms with E-state index in [0.29, 0.717) is 5.95 Å². The van der Waals surface area contributed by atoms with Gasteiger partial charge in [-0.25, -0.2) is 4.68 Å². The van der Waals surface area contributed by atoms with Crippen LogP contribution >= 0.6 is 0 Å². The minimum atomic E-state index is 0.0917. The van der Waals surface area contributed by atoms with E-state index in [1.807, 2.05) is 16.8 Å². The smallest absolute Gasteiger partial charge is 0.241 e. The zero-order chi connectivity index (χ0) is 18.1. The summed E-state index contributed by atoms with van der Waals surface area (Å²) in [5.41, 5.74) is 9.60. The zero-order valence-electron chi connectivity index (χ0n) is 15.0. The number of ether oxygens (including phenoxy) is 1. The van der Waals surface area contributed by atoms with Gasteiger partial charge in [-0.1, -0.05) is 43.3 Å². The summed E-state index contributed by atoms with van der Waals surface area (Å²) in [5.74, 6) is 1.85. The van der Waals surface area contributed by atoms with E-state index in [1.54, 1.807) is 7.11 Å². The van der Waals surface area contributed by atoms with Crippen molar-refractivity contribution in [3.05, 3.63) is 65.2 Å². The molecule has 2 atom stereocenters. The van der Waals surface area contributed by atoms with E-state index in [2.05, 4.69) is 58.7 Å². The topological polar surface area (TPSA) is 78.0 Å². The van der Waals surface area contributed by atoms with Crippen LogP contribution in [0, 0.1) is 0 Å². The average Bonchev–Trinajstić information content (AvgIpc) is 3.07. The fourth-order valence-corrected chi connectivity index (χ4v) is 3.50. The fourth-order valence-electron chi connectivity index (χ4n) is 3.50. The summed E-state index contributed by atoms with van der Waals surface area (Å²) in [5, 5.41) is 7.87. The summed E-state index contributed by atoms with van der Waals surface area (Å²) in [4.78, 5) is 4.36. The largest absolute Gasteiger partial charge is 0.497 e. The SMILES string of the molecule is CCc1ccc([C@H]2C[C@@H](c3ccc(OC)cc3)Nc3nc(N)nn32)cc1. The molecule has 0 fully saturated rings. The molecule has 1 aliphatic heterocycles. The van der Waals surface area contributed by atoms with Crippen LogP contribution in [0.25, 0.3) is 0 Å². The van der Waals surface area contributed by atoms with Gasteiger partial charge in [0.2, 0.25) is 11.9 Å². The number of nitrogen functional groups attached to an aromatic ring is 1. The number of aryl methyl sites for hydroxylation is 1. The first-order valence-electron chi connectivity index (χ1n) is 8.89. The minimum Gasteiger partial charge on any atom is -0.497 e. The van der Waals surface area contributed by atoms with Gasteiger partial charge in [-0.2, -0.15) is 4.98 Å². The number of nitrogens with one attached hydrogen (secondary N) is 1. The maximum Gasteiger partial charge on any atom is 0.241 e. The van der Waals surface area contributed by atoms with Crippen LogP contribution in [0.15, 0.2) is 48.5 Å². The number of anilines is 2. The number of hydrogen-bond acceptors (Lipinski definition) is 5. The van der Waals surface area contributed by atoms with Crippen LogP contribution < -0.4 is 15.8 Å². The Morgan fingerprint density at radius 2 is 1.81 bits per heavy atom. The third kappa shape index (κ3) is 2.98. The molecule has 1 aromatic heterocycles. The molecule has 0 unspecified atom stereocenters. The minimum absolute atomic E-state index is 0.0917. The standard InChI is InChI=1S/C20H23N5O/c1-3-13-4-6-15(7-5-13)18-12-17(14-8-10-16(26-2)11-9-14)22-20-23-19(21)24-25(18)20/h4-11,17-18H,3,12H2,1-2H3,(H3,21,22,23,24)/t17-,18+/m0/s1. The number of rotatable bonds is 4. The van der Waals surface area contributed by atoms with Crippen molar-refractivity contribution in [2.24, 2.45) is 0 Å². The van der Waals surface area contributed by atoms with Crippen LogP contribution in [0.2, 0.25) is 0 Å². The third-order valence-corrected chi connectivity index (χ3v) is 5.00. The molecule has 3 aromatic rings. The normalized spacial score (nSPS) is 18.8. The van der Waals surface area contributed by atoms with Gasteiger partial charge in [-0.15, -0.1) is 5.10 Å². The molecule has 2 aromatic carbocycles. The molecule has 134 valence electrons. The van der Waals surface area contributed by atoms with Crippen LogP contribution in [0.5, 0.6) is 5.75 Å². The maximum atomic E-state index is 5.87. The number of nitrogens with two attached hydrogens (primary N) is 1. The zero-order valence-corrected chi connectivity index (χ0v) is 15.0. The predicted octanol–water partition coefficient (Wildman–Crippen LogP) is 3.58. The highest BCUT2D eigenvalue weighted by Crippen LogP contribution is 2.38. The van der Waals surface area contributed by atoms with Gasteiger partial charge in [0.05, 0.1) is 19.2 Å². The molecule has 0 saturated carbocycles. The van der Waals surface area contributed by atoms with Gasteiger partial charge in [-0.3, -0.25) is 0 Å². The Morgan fingerprint density at radius 3 is 2.46 bits per heavy atom. The molecule has 3 N–H and O–H groups in total. The molecule has 0 saturated heterocycles. The number of fused-ring (bicyclic) bond motifs is 1. The number of aromatic nitrogens is 3. The van der Waals surface area contributed by atoms with Crippen LogP contribution in [-0.4, -0.2) is 21.9 Å². The Hall–Kier alpha value is -3.02. The Balaban J connectivity index is 1.69. The van der Waals surface area contributed by atoms with E-state index in [1.165, 1.54) is 16.7 Å². The molecule has 1 aliphatic rings. The highest BCUT2D eigenvalue weighted by molar-refractivity contribution is 5.42. The van der Waals surface area contributed by atoms with Crippen molar-refractivity contribution >= 4 is 11.9 Å². The first-order chi connectivity index (χ1) is 12.7. The quantitative estimate of drug-likeness (QED) is 0.753. The highest BCUT2D eigenvalue weighted by Gasteiger charge is 2.30. The molecule has 0 aliphatic carbocycles. The number of nitrogens with zero attached hydrogens (tertiary/aromatic N) is 3. The molecule has 6 heteroatoms. The third-order valence-electron chi connectivity index (χ3n) is 5.00. The summed E-state index contributed by atoms with van der Waals surface area (Å²) in [7, 11) is 1.68. The second-order valence-corrected chi connectivity index (χ2v) is 6.55. The molecule has 4 rings (SSSR count). The van der Waals surface area contributed by atoms with E-state index in [4.69, 9.17) is 10.5 Å². The lowest BCUT2D eigenvalue weighted by atomic mass is 9.93. The second-order valence-electron chi connectivity index (χ2n) is 6.55. The van der Waals surface area contributed by atoms with Gasteiger partial charge in [0, 0.05) is 0 Å². The van der Waals surface area contributed by atoms with Crippen molar-refractivity contribution in [1.29, 1.82) is 0 Å². The molecule has 6 nitrogen and oxygen atoms in total. The summed E-state index contributed by atoms with van der Waals surface area (Å²) in [6.45, 7) is 2.16. The summed E-state index contributed by atoms with van der Waals surface area (Å²) in [6, 6.07) is 17.1. The Kier molecular flexibility index (Phi) is 4.24.